The highest BCUT2D eigenvalue weighted by Crippen LogP contribution is 2.16. The summed E-state index contributed by atoms with van der Waals surface area (Å²) in [7, 11) is 3.22. The van der Waals surface area contributed by atoms with Crippen molar-refractivity contribution in [3.63, 3.8) is 0 Å². The minimum absolute atomic E-state index is 0.349. The van der Waals surface area contributed by atoms with Gasteiger partial charge in [0.2, 0.25) is 0 Å². The van der Waals surface area contributed by atoms with Crippen LogP contribution in [0.4, 0.5) is 0 Å². The summed E-state index contributed by atoms with van der Waals surface area (Å²) < 4.78 is 15.4. The maximum Gasteiger partial charge on any atom is 0.336 e. The topological polar surface area (TPSA) is 44.8 Å². The monoisotopic (exact) mass is 356 g/mol. The molecule has 0 spiro atoms. The molecule has 0 saturated heterocycles. The summed E-state index contributed by atoms with van der Waals surface area (Å²) in [4.78, 5) is 11.4. The average Bonchev–Trinajstić information content (AvgIpc) is 3.15. The highest BCUT2D eigenvalue weighted by molar-refractivity contribution is 5.87. The Morgan fingerprint density at radius 2 is 1.26 bits per heavy atom. The van der Waals surface area contributed by atoms with E-state index in [2.05, 4.69) is 23.7 Å². The number of carbonyl (C=O) groups is 1. The maximum absolute atomic E-state index is 11.4. The molecule has 0 unspecified atom stereocenters. The van der Waals surface area contributed by atoms with E-state index < -0.39 is 5.97 Å². The van der Waals surface area contributed by atoms with Crippen LogP contribution in [-0.2, 0) is 9.53 Å². The Bertz CT molecular complexity index is 951. The van der Waals surface area contributed by atoms with Crippen LogP contribution in [-0.4, -0.2) is 20.2 Å². The van der Waals surface area contributed by atoms with Crippen molar-refractivity contribution in [2.24, 2.45) is 0 Å². The zero-order valence-corrected chi connectivity index (χ0v) is 14.9. The van der Waals surface area contributed by atoms with Crippen molar-refractivity contribution in [3.05, 3.63) is 83.1 Å². The maximum atomic E-state index is 11.4. The largest absolute Gasteiger partial charge is 0.497 e. The van der Waals surface area contributed by atoms with Gasteiger partial charge in [0.15, 0.2) is 5.76 Å². The second-order valence-corrected chi connectivity index (χ2v) is 5.45. The molecule has 4 heteroatoms. The minimum atomic E-state index is -0.431. The van der Waals surface area contributed by atoms with Gasteiger partial charge in [0.1, 0.15) is 17.1 Å². The van der Waals surface area contributed by atoms with E-state index in [0.29, 0.717) is 11.3 Å². The Morgan fingerprint density at radius 1 is 0.778 bits per heavy atom. The molecule has 3 rings (SSSR count). The highest BCUT2D eigenvalue weighted by Gasteiger charge is 2.13. The number of rotatable bonds is 2. The fraction of sp³-hybridized carbons (Fsp3) is 0.0870. The fourth-order valence-electron chi connectivity index (χ4n) is 2.23. The lowest BCUT2D eigenvalue weighted by molar-refractivity contribution is -0.132. The van der Waals surface area contributed by atoms with Gasteiger partial charge in [-0.15, -0.1) is 0 Å². The van der Waals surface area contributed by atoms with E-state index in [-0.39, 0.29) is 0 Å². The number of hydrogen-bond donors (Lipinski definition) is 0. The Morgan fingerprint density at radius 3 is 1.63 bits per heavy atom. The summed E-state index contributed by atoms with van der Waals surface area (Å²) in [5.41, 5.74) is 2.03. The first-order valence-corrected chi connectivity index (χ1v) is 8.14. The van der Waals surface area contributed by atoms with Crippen LogP contribution >= 0.6 is 0 Å². The Labute approximate surface area is 158 Å². The summed E-state index contributed by atoms with van der Waals surface area (Å²) >= 11 is 0. The second kappa shape index (κ2) is 8.47. The molecule has 1 heterocycles. The SMILES string of the molecule is COc1ccc(C#CC(C#Cc2ccc(OC)cc2)=C2C=CC(=O)O2)cc1. The molecule has 0 atom stereocenters. The van der Waals surface area contributed by atoms with Crippen molar-refractivity contribution >= 4 is 5.97 Å². The minimum Gasteiger partial charge on any atom is -0.497 e. The lowest BCUT2D eigenvalue weighted by Crippen LogP contribution is -1.93. The number of allylic oxidation sites excluding steroid dienone is 2. The van der Waals surface area contributed by atoms with Gasteiger partial charge < -0.3 is 14.2 Å². The predicted molar refractivity (Wildman–Crippen MR) is 102 cm³/mol. The summed E-state index contributed by atoms with van der Waals surface area (Å²) in [6.45, 7) is 0. The first kappa shape index (κ1) is 17.9. The van der Waals surface area contributed by atoms with Crippen LogP contribution in [0, 0.1) is 23.7 Å². The van der Waals surface area contributed by atoms with Gasteiger partial charge in [-0.05, 0) is 66.4 Å². The predicted octanol–water partition coefficient (Wildman–Crippen LogP) is 3.47. The number of cyclic esters (lactones) is 1. The first-order valence-electron chi connectivity index (χ1n) is 8.14. The molecule has 0 fully saturated rings. The molecule has 4 nitrogen and oxygen atoms in total. The van der Waals surface area contributed by atoms with Crippen LogP contribution in [0.3, 0.4) is 0 Å². The quantitative estimate of drug-likeness (QED) is 0.611. The number of hydrogen-bond acceptors (Lipinski definition) is 4. The van der Waals surface area contributed by atoms with E-state index in [1.54, 1.807) is 20.3 Å². The van der Waals surface area contributed by atoms with Gasteiger partial charge in [-0.1, -0.05) is 11.8 Å². The molecule has 2 aromatic rings. The van der Waals surface area contributed by atoms with Gasteiger partial charge >= 0.3 is 5.97 Å². The van der Waals surface area contributed by atoms with E-state index >= 15 is 0 Å². The molecular weight excluding hydrogens is 340 g/mol. The molecular formula is C23H16O4. The van der Waals surface area contributed by atoms with E-state index in [1.165, 1.54) is 6.08 Å². The van der Waals surface area contributed by atoms with Crippen LogP contribution in [0.15, 0.2) is 72.0 Å². The standard InChI is InChI=1S/C23H16O4/c1-25-20-11-5-17(6-12-20)3-9-19(22-15-16-23(24)27-22)10-4-18-7-13-21(26-2)14-8-18/h5-8,11-16H,1-2H3. The molecule has 0 amide bonds. The van der Waals surface area contributed by atoms with Crippen LogP contribution in [0.25, 0.3) is 0 Å². The summed E-state index contributed by atoms with van der Waals surface area (Å²) in [6.07, 6.45) is 2.92. The summed E-state index contributed by atoms with van der Waals surface area (Å²) in [6, 6.07) is 14.7. The van der Waals surface area contributed by atoms with Crippen molar-refractivity contribution in [2.45, 2.75) is 0 Å². The van der Waals surface area contributed by atoms with Gasteiger partial charge in [-0.3, -0.25) is 0 Å². The van der Waals surface area contributed by atoms with Crippen molar-refractivity contribution in [1.29, 1.82) is 0 Å². The average molecular weight is 356 g/mol. The van der Waals surface area contributed by atoms with E-state index in [0.717, 1.165) is 22.6 Å². The van der Waals surface area contributed by atoms with Crippen LogP contribution in [0.5, 0.6) is 11.5 Å². The molecule has 0 N–H and O–H groups in total. The van der Waals surface area contributed by atoms with Gasteiger partial charge in [0.05, 0.1) is 14.2 Å². The number of benzene rings is 2. The van der Waals surface area contributed by atoms with Crippen molar-refractivity contribution in [3.8, 4) is 35.2 Å². The lowest BCUT2D eigenvalue weighted by Gasteiger charge is -1.99. The lowest BCUT2D eigenvalue weighted by atomic mass is 10.1. The molecule has 0 aliphatic carbocycles. The summed E-state index contributed by atoms with van der Waals surface area (Å²) in [5, 5.41) is 0. The number of esters is 1. The van der Waals surface area contributed by atoms with Gasteiger partial charge in [-0.2, -0.15) is 0 Å². The molecule has 0 radical (unpaired) electrons. The first-order chi connectivity index (χ1) is 13.2. The van der Waals surface area contributed by atoms with Gasteiger partial charge in [-0.25, -0.2) is 4.79 Å². The molecule has 132 valence electrons. The third-order valence-corrected chi connectivity index (χ3v) is 3.67. The van der Waals surface area contributed by atoms with Crippen molar-refractivity contribution < 1.29 is 19.0 Å². The number of ether oxygens (including phenoxy) is 3. The van der Waals surface area contributed by atoms with E-state index in [4.69, 9.17) is 14.2 Å². The molecule has 0 aromatic heterocycles. The van der Waals surface area contributed by atoms with Crippen molar-refractivity contribution in [2.75, 3.05) is 14.2 Å². The normalized spacial score (nSPS) is 11.6. The Balaban J connectivity index is 1.91. The van der Waals surface area contributed by atoms with Crippen LogP contribution in [0.1, 0.15) is 11.1 Å². The molecule has 0 saturated carbocycles. The second-order valence-electron chi connectivity index (χ2n) is 5.45. The van der Waals surface area contributed by atoms with Crippen LogP contribution in [0.2, 0.25) is 0 Å². The molecule has 27 heavy (non-hydrogen) atoms. The van der Waals surface area contributed by atoms with Gasteiger partial charge in [0, 0.05) is 17.2 Å². The smallest absolute Gasteiger partial charge is 0.336 e. The molecule has 1 aliphatic heterocycles. The summed E-state index contributed by atoms with van der Waals surface area (Å²) in [5.74, 6) is 13.5. The third-order valence-electron chi connectivity index (χ3n) is 3.67. The third kappa shape index (κ3) is 4.81. The molecule has 0 bridgehead atoms. The van der Waals surface area contributed by atoms with Crippen LogP contribution < -0.4 is 9.47 Å². The Hall–Kier alpha value is -3.89. The van der Waals surface area contributed by atoms with Gasteiger partial charge in [0.25, 0.3) is 0 Å². The highest BCUT2D eigenvalue weighted by atomic mass is 16.5. The molecule has 1 aliphatic rings. The molecule has 2 aromatic carbocycles. The fourth-order valence-corrected chi connectivity index (χ4v) is 2.23. The zero-order chi connectivity index (χ0) is 19.1. The zero-order valence-electron chi connectivity index (χ0n) is 14.9. The van der Waals surface area contributed by atoms with E-state index in [9.17, 15) is 4.79 Å². The Kier molecular flexibility index (Phi) is 5.62. The number of carbonyl (C=O) groups excluding carboxylic acids is 1. The van der Waals surface area contributed by atoms with E-state index in [1.807, 2.05) is 48.5 Å². The number of methoxy groups -OCH3 is 2. The van der Waals surface area contributed by atoms with Crippen molar-refractivity contribution in [1.82, 2.24) is 0 Å².